The van der Waals surface area contributed by atoms with Gasteiger partial charge in [-0.3, -0.25) is 4.90 Å². The maximum absolute atomic E-state index is 11.7. The lowest BCUT2D eigenvalue weighted by molar-refractivity contribution is -0.186. The molecular weight excluding hydrogens is 252 g/mol. The lowest BCUT2D eigenvalue weighted by Crippen LogP contribution is -2.62. The third-order valence-electron chi connectivity index (χ3n) is 3.55. The van der Waals surface area contributed by atoms with E-state index in [0.29, 0.717) is 0 Å². The summed E-state index contributed by atoms with van der Waals surface area (Å²) in [6.45, 7) is 9.60. The smallest absolute Gasteiger partial charge is 0.153 e. The molecule has 2 saturated heterocycles. The number of sulfone groups is 1. The number of rotatable bonds is 1. The van der Waals surface area contributed by atoms with Crippen LogP contribution < -0.4 is 5.73 Å². The lowest BCUT2D eigenvalue weighted by atomic mass is 9.96. The van der Waals surface area contributed by atoms with Gasteiger partial charge in [-0.25, -0.2) is 8.42 Å². The fourth-order valence-corrected chi connectivity index (χ4v) is 5.24. The van der Waals surface area contributed by atoms with Gasteiger partial charge < -0.3 is 10.5 Å². The van der Waals surface area contributed by atoms with Gasteiger partial charge in [0.05, 0.1) is 22.7 Å². The highest BCUT2D eigenvalue weighted by Gasteiger charge is 2.46. The molecule has 2 fully saturated rings. The van der Waals surface area contributed by atoms with Gasteiger partial charge in [0, 0.05) is 25.2 Å². The van der Waals surface area contributed by atoms with Crippen molar-refractivity contribution in [3.05, 3.63) is 0 Å². The first-order valence-corrected chi connectivity index (χ1v) is 8.22. The Hall–Kier alpha value is -0.170. The van der Waals surface area contributed by atoms with Gasteiger partial charge in [-0.15, -0.1) is 0 Å². The third kappa shape index (κ3) is 3.04. The van der Waals surface area contributed by atoms with Gasteiger partial charge in [0.25, 0.3) is 0 Å². The van der Waals surface area contributed by atoms with Crippen LogP contribution in [0.25, 0.3) is 0 Å². The summed E-state index contributed by atoms with van der Waals surface area (Å²) in [5.41, 5.74) is 5.46. The summed E-state index contributed by atoms with van der Waals surface area (Å²) in [5.74, 6) is 0.288. The van der Waals surface area contributed by atoms with Gasteiger partial charge in [0.1, 0.15) is 0 Å². The highest BCUT2D eigenvalue weighted by atomic mass is 32.2. The zero-order chi connectivity index (χ0) is 13.8. The largest absolute Gasteiger partial charge is 0.367 e. The summed E-state index contributed by atoms with van der Waals surface area (Å²) in [6.07, 6.45) is 0. The van der Waals surface area contributed by atoms with Gasteiger partial charge in [0.15, 0.2) is 9.84 Å². The van der Waals surface area contributed by atoms with Gasteiger partial charge in [-0.1, -0.05) is 0 Å². The summed E-state index contributed by atoms with van der Waals surface area (Å²) < 4.78 is 29.4. The average molecular weight is 276 g/mol. The van der Waals surface area contributed by atoms with Crippen molar-refractivity contribution in [1.29, 1.82) is 0 Å². The van der Waals surface area contributed by atoms with Crippen molar-refractivity contribution in [2.75, 3.05) is 24.6 Å². The molecule has 2 atom stereocenters. The molecule has 0 aromatic heterocycles. The quantitative estimate of drug-likeness (QED) is 0.730. The molecule has 2 rings (SSSR count). The van der Waals surface area contributed by atoms with Crippen LogP contribution in [0.3, 0.4) is 0 Å². The highest BCUT2D eigenvalue weighted by molar-refractivity contribution is 7.91. The molecular formula is C12H24N2O3S. The van der Waals surface area contributed by atoms with E-state index < -0.39 is 9.84 Å². The van der Waals surface area contributed by atoms with Crippen molar-refractivity contribution in [1.82, 2.24) is 4.90 Å². The summed E-state index contributed by atoms with van der Waals surface area (Å²) >= 11 is 0. The number of ether oxygens (including phenoxy) is 1. The topological polar surface area (TPSA) is 72.6 Å². The first kappa shape index (κ1) is 14.2. The molecule has 0 aromatic carbocycles. The number of hydrogen-bond donors (Lipinski definition) is 1. The SMILES string of the molecule is CC1(C)CN(C2CS(=O)(=O)CC2N)CC(C)(C)O1. The maximum Gasteiger partial charge on any atom is 0.153 e. The first-order valence-electron chi connectivity index (χ1n) is 6.40. The van der Waals surface area contributed by atoms with Crippen molar-refractivity contribution in [2.24, 2.45) is 5.73 Å². The molecule has 0 spiro atoms. The molecule has 0 radical (unpaired) electrons. The van der Waals surface area contributed by atoms with E-state index in [9.17, 15) is 8.42 Å². The van der Waals surface area contributed by atoms with Crippen LogP contribution in [0.4, 0.5) is 0 Å². The Labute approximate surface area is 110 Å². The Morgan fingerprint density at radius 1 is 1.11 bits per heavy atom. The van der Waals surface area contributed by atoms with Gasteiger partial charge in [-0.05, 0) is 27.7 Å². The van der Waals surface area contributed by atoms with E-state index in [1.807, 2.05) is 27.7 Å². The summed E-state index contributed by atoms with van der Waals surface area (Å²) in [6, 6.07) is -0.350. The van der Waals surface area contributed by atoms with Crippen molar-refractivity contribution in [3.63, 3.8) is 0 Å². The monoisotopic (exact) mass is 276 g/mol. The second kappa shape index (κ2) is 4.16. The fraction of sp³-hybridized carbons (Fsp3) is 1.00. The molecule has 0 amide bonds. The molecule has 6 heteroatoms. The molecule has 2 heterocycles. The molecule has 18 heavy (non-hydrogen) atoms. The second-order valence-corrected chi connectivity index (χ2v) is 8.99. The van der Waals surface area contributed by atoms with Gasteiger partial charge in [-0.2, -0.15) is 0 Å². The van der Waals surface area contributed by atoms with Crippen LogP contribution in [0.2, 0.25) is 0 Å². The zero-order valence-electron chi connectivity index (χ0n) is 11.6. The van der Waals surface area contributed by atoms with Crippen LogP contribution >= 0.6 is 0 Å². The summed E-state index contributed by atoms with van der Waals surface area (Å²) in [7, 11) is -2.98. The molecule has 2 N–H and O–H groups in total. The molecule has 0 saturated carbocycles. The van der Waals surface area contributed by atoms with Crippen molar-refractivity contribution in [3.8, 4) is 0 Å². The third-order valence-corrected chi connectivity index (χ3v) is 5.30. The van der Waals surface area contributed by atoms with E-state index in [0.717, 1.165) is 13.1 Å². The molecule has 2 unspecified atom stereocenters. The standard InChI is InChI=1S/C12H24N2O3S/c1-11(2)7-14(8-12(3,4)17-11)10-6-18(15,16)5-9(10)13/h9-10H,5-8,13H2,1-4H3. The molecule has 2 aliphatic heterocycles. The lowest BCUT2D eigenvalue weighted by Gasteiger charge is -2.49. The second-order valence-electron chi connectivity index (χ2n) is 6.83. The maximum atomic E-state index is 11.7. The van der Waals surface area contributed by atoms with E-state index in [-0.39, 0.29) is 34.8 Å². The summed E-state index contributed by atoms with van der Waals surface area (Å²) in [5, 5.41) is 0. The number of morpholine rings is 1. The number of hydrogen-bond acceptors (Lipinski definition) is 5. The van der Waals surface area contributed by atoms with Crippen LogP contribution in [-0.4, -0.2) is 61.2 Å². The minimum absolute atomic E-state index is 0.0718. The first-order chi connectivity index (χ1) is 8.00. The molecule has 5 nitrogen and oxygen atoms in total. The van der Waals surface area contributed by atoms with Crippen LogP contribution in [0, 0.1) is 0 Å². The van der Waals surface area contributed by atoms with Gasteiger partial charge in [0.2, 0.25) is 0 Å². The van der Waals surface area contributed by atoms with Crippen molar-refractivity contribution >= 4 is 9.84 Å². The predicted molar refractivity (Wildman–Crippen MR) is 71.2 cm³/mol. The average Bonchev–Trinajstić information content (AvgIpc) is 2.33. The van der Waals surface area contributed by atoms with Crippen molar-refractivity contribution in [2.45, 2.75) is 51.0 Å². The van der Waals surface area contributed by atoms with Crippen molar-refractivity contribution < 1.29 is 13.2 Å². The highest BCUT2D eigenvalue weighted by Crippen LogP contribution is 2.31. The molecule has 0 aliphatic carbocycles. The summed E-state index contributed by atoms with van der Waals surface area (Å²) in [4.78, 5) is 2.19. The molecule has 2 aliphatic rings. The Balaban J connectivity index is 2.19. The Morgan fingerprint density at radius 3 is 2.00 bits per heavy atom. The molecule has 0 aromatic rings. The Kier molecular flexibility index (Phi) is 3.29. The van der Waals surface area contributed by atoms with Crippen LogP contribution in [-0.2, 0) is 14.6 Å². The van der Waals surface area contributed by atoms with E-state index >= 15 is 0 Å². The normalized spacial score (nSPS) is 38.7. The van der Waals surface area contributed by atoms with Crippen LogP contribution in [0.5, 0.6) is 0 Å². The van der Waals surface area contributed by atoms with Crippen LogP contribution in [0.1, 0.15) is 27.7 Å². The number of nitrogens with zero attached hydrogens (tertiary/aromatic N) is 1. The molecule has 106 valence electrons. The van der Waals surface area contributed by atoms with E-state index in [4.69, 9.17) is 10.5 Å². The minimum Gasteiger partial charge on any atom is -0.367 e. The zero-order valence-corrected chi connectivity index (χ0v) is 12.5. The number of nitrogens with two attached hydrogens (primary N) is 1. The van der Waals surface area contributed by atoms with E-state index in [1.165, 1.54) is 0 Å². The van der Waals surface area contributed by atoms with E-state index in [1.54, 1.807) is 0 Å². The fourth-order valence-electron chi connectivity index (χ4n) is 3.31. The van der Waals surface area contributed by atoms with Crippen LogP contribution in [0.15, 0.2) is 0 Å². The Morgan fingerprint density at radius 2 is 1.61 bits per heavy atom. The molecule has 0 bridgehead atoms. The predicted octanol–water partition coefficient (Wildman–Crippen LogP) is 0.000100. The minimum atomic E-state index is -2.98. The van der Waals surface area contributed by atoms with E-state index in [2.05, 4.69) is 4.90 Å². The Bertz CT molecular complexity index is 415. The van der Waals surface area contributed by atoms with Gasteiger partial charge >= 0.3 is 0 Å².